The van der Waals surface area contributed by atoms with Crippen molar-refractivity contribution in [3.05, 3.63) is 34.8 Å². The Balaban J connectivity index is 2.33. The Morgan fingerprint density at radius 1 is 1.37 bits per heavy atom. The van der Waals surface area contributed by atoms with E-state index in [1.807, 2.05) is 32.9 Å². The van der Waals surface area contributed by atoms with Gasteiger partial charge in [-0.1, -0.05) is 5.16 Å². The van der Waals surface area contributed by atoms with Crippen LogP contribution >= 0.6 is 11.3 Å². The lowest BCUT2D eigenvalue weighted by atomic mass is 10.2. The number of aryl methyl sites for hydroxylation is 1. The fourth-order valence-electron chi connectivity index (χ4n) is 1.66. The van der Waals surface area contributed by atoms with E-state index in [1.165, 1.54) is 0 Å². The molecule has 0 bridgehead atoms. The molecule has 0 atom stereocenters. The summed E-state index contributed by atoms with van der Waals surface area (Å²) in [6, 6.07) is 7.03. The fraction of sp³-hybridized carbons (Fsp3) is 0.286. The standard InChI is InChI=1S/C14H16N2O2S/c1-4-18-16-10(3)13-9(2)15-14(19-13)11-5-7-12(17)8-6-11/h5-8,17H,4H2,1-3H3. The van der Waals surface area contributed by atoms with Gasteiger partial charge in [0.2, 0.25) is 0 Å². The first-order valence-corrected chi connectivity index (χ1v) is 6.87. The summed E-state index contributed by atoms with van der Waals surface area (Å²) < 4.78 is 0. The lowest BCUT2D eigenvalue weighted by molar-refractivity contribution is 0.159. The van der Waals surface area contributed by atoms with E-state index in [4.69, 9.17) is 4.84 Å². The number of aromatic nitrogens is 1. The second-order valence-corrected chi connectivity index (χ2v) is 5.07. The molecule has 0 unspecified atom stereocenters. The van der Waals surface area contributed by atoms with Crippen LogP contribution in [0.4, 0.5) is 0 Å². The number of hydrogen-bond acceptors (Lipinski definition) is 5. The molecule has 0 radical (unpaired) electrons. The Morgan fingerprint density at radius 2 is 2.05 bits per heavy atom. The van der Waals surface area contributed by atoms with Crippen LogP contribution in [0.25, 0.3) is 10.6 Å². The fourth-order valence-corrected chi connectivity index (χ4v) is 2.67. The molecule has 100 valence electrons. The Labute approximate surface area is 116 Å². The molecule has 2 aromatic rings. The van der Waals surface area contributed by atoms with Gasteiger partial charge in [0.25, 0.3) is 0 Å². The highest BCUT2D eigenvalue weighted by Crippen LogP contribution is 2.29. The van der Waals surface area contributed by atoms with Gasteiger partial charge in [-0.2, -0.15) is 0 Å². The maximum atomic E-state index is 9.30. The minimum Gasteiger partial charge on any atom is -0.508 e. The van der Waals surface area contributed by atoms with Crippen LogP contribution in [0.1, 0.15) is 24.4 Å². The number of oxime groups is 1. The predicted molar refractivity (Wildman–Crippen MR) is 77.8 cm³/mol. The normalized spacial score (nSPS) is 11.6. The van der Waals surface area contributed by atoms with E-state index in [0.29, 0.717) is 6.61 Å². The van der Waals surface area contributed by atoms with Crippen LogP contribution in [0, 0.1) is 6.92 Å². The van der Waals surface area contributed by atoms with Crippen molar-refractivity contribution >= 4 is 17.0 Å². The molecule has 19 heavy (non-hydrogen) atoms. The molecule has 1 aromatic heterocycles. The van der Waals surface area contributed by atoms with E-state index in [9.17, 15) is 5.11 Å². The maximum Gasteiger partial charge on any atom is 0.124 e. The van der Waals surface area contributed by atoms with Gasteiger partial charge in [-0.15, -0.1) is 11.3 Å². The summed E-state index contributed by atoms with van der Waals surface area (Å²) in [5.41, 5.74) is 2.76. The van der Waals surface area contributed by atoms with Gasteiger partial charge in [0.05, 0.1) is 16.3 Å². The van der Waals surface area contributed by atoms with Crippen LogP contribution in [-0.4, -0.2) is 22.4 Å². The molecule has 2 rings (SSSR count). The maximum absolute atomic E-state index is 9.30. The number of benzene rings is 1. The third-order valence-electron chi connectivity index (χ3n) is 2.57. The molecule has 0 amide bonds. The average molecular weight is 276 g/mol. The van der Waals surface area contributed by atoms with E-state index < -0.39 is 0 Å². The number of phenolic OH excluding ortho intramolecular Hbond substituents is 1. The third kappa shape index (κ3) is 3.12. The van der Waals surface area contributed by atoms with Crippen molar-refractivity contribution in [2.24, 2.45) is 5.16 Å². The molecule has 1 aromatic carbocycles. The molecule has 0 aliphatic carbocycles. The van der Waals surface area contributed by atoms with Crippen molar-refractivity contribution < 1.29 is 9.94 Å². The quantitative estimate of drug-likeness (QED) is 0.686. The average Bonchev–Trinajstić information content (AvgIpc) is 2.79. The van der Waals surface area contributed by atoms with Crippen molar-refractivity contribution in [3.8, 4) is 16.3 Å². The summed E-state index contributed by atoms with van der Waals surface area (Å²) in [6.45, 7) is 6.33. The van der Waals surface area contributed by atoms with Crippen LogP contribution in [0.15, 0.2) is 29.4 Å². The zero-order valence-corrected chi connectivity index (χ0v) is 12.0. The van der Waals surface area contributed by atoms with Crippen molar-refractivity contribution in [1.82, 2.24) is 4.98 Å². The zero-order chi connectivity index (χ0) is 13.8. The number of aromatic hydroxyl groups is 1. The van der Waals surface area contributed by atoms with Crippen molar-refractivity contribution in [1.29, 1.82) is 0 Å². The molecule has 0 saturated carbocycles. The summed E-state index contributed by atoms with van der Waals surface area (Å²) in [6.07, 6.45) is 0. The highest BCUT2D eigenvalue weighted by Gasteiger charge is 2.12. The van der Waals surface area contributed by atoms with Gasteiger partial charge in [-0.05, 0) is 45.0 Å². The highest BCUT2D eigenvalue weighted by molar-refractivity contribution is 7.17. The van der Waals surface area contributed by atoms with Crippen LogP contribution in [-0.2, 0) is 4.84 Å². The first-order valence-electron chi connectivity index (χ1n) is 6.05. The first kappa shape index (κ1) is 13.5. The number of rotatable bonds is 4. The van der Waals surface area contributed by atoms with E-state index in [1.54, 1.807) is 23.5 Å². The highest BCUT2D eigenvalue weighted by atomic mass is 32.1. The molecule has 0 aliphatic heterocycles. The first-order chi connectivity index (χ1) is 9.11. The Kier molecular flexibility index (Phi) is 4.16. The summed E-state index contributed by atoms with van der Waals surface area (Å²) >= 11 is 1.57. The van der Waals surface area contributed by atoms with E-state index in [2.05, 4.69) is 10.1 Å². The van der Waals surface area contributed by atoms with E-state index in [-0.39, 0.29) is 5.75 Å². The van der Waals surface area contributed by atoms with Crippen LogP contribution < -0.4 is 0 Å². The van der Waals surface area contributed by atoms with Gasteiger partial charge in [-0.25, -0.2) is 4.98 Å². The molecule has 0 fully saturated rings. The Bertz CT molecular complexity index is 588. The molecule has 0 aliphatic rings. The minimum atomic E-state index is 0.256. The zero-order valence-electron chi connectivity index (χ0n) is 11.2. The molecule has 5 heteroatoms. The van der Waals surface area contributed by atoms with Gasteiger partial charge < -0.3 is 9.94 Å². The SMILES string of the molecule is CCON=C(C)c1sc(-c2ccc(O)cc2)nc1C. The lowest BCUT2D eigenvalue weighted by Gasteiger charge is -1.97. The molecular weight excluding hydrogens is 260 g/mol. The summed E-state index contributed by atoms with van der Waals surface area (Å²) in [5.74, 6) is 0.256. The number of thiazole rings is 1. The molecular formula is C14H16N2O2S. The van der Waals surface area contributed by atoms with Gasteiger partial charge in [-0.3, -0.25) is 0 Å². The summed E-state index contributed by atoms with van der Waals surface area (Å²) in [4.78, 5) is 10.6. The number of hydrogen-bond donors (Lipinski definition) is 1. The molecule has 1 N–H and O–H groups in total. The molecule has 4 nitrogen and oxygen atoms in total. The third-order valence-corrected chi connectivity index (χ3v) is 3.89. The smallest absolute Gasteiger partial charge is 0.124 e. The Morgan fingerprint density at radius 3 is 2.68 bits per heavy atom. The van der Waals surface area contributed by atoms with E-state index >= 15 is 0 Å². The topological polar surface area (TPSA) is 54.7 Å². The van der Waals surface area contributed by atoms with Gasteiger partial charge in [0, 0.05) is 5.56 Å². The van der Waals surface area contributed by atoms with Crippen molar-refractivity contribution in [2.45, 2.75) is 20.8 Å². The van der Waals surface area contributed by atoms with Gasteiger partial charge in [0.1, 0.15) is 17.4 Å². The predicted octanol–water partition coefficient (Wildman–Crippen LogP) is 3.58. The second-order valence-electron chi connectivity index (χ2n) is 4.07. The largest absolute Gasteiger partial charge is 0.508 e. The molecule has 0 saturated heterocycles. The second kappa shape index (κ2) is 5.84. The molecule has 1 heterocycles. The van der Waals surface area contributed by atoms with Gasteiger partial charge >= 0.3 is 0 Å². The number of nitrogens with zero attached hydrogens (tertiary/aromatic N) is 2. The van der Waals surface area contributed by atoms with Gasteiger partial charge in [0.15, 0.2) is 0 Å². The van der Waals surface area contributed by atoms with Crippen LogP contribution in [0.2, 0.25) is 0 Å². The van der Waals surface area contributed by atoms with Crippen LogP contribution in [0.3, 0.4) is 0 Å². The van der Waals surface area contributed by atoms with Crippen molar-refractivity contribution in [3.63, 3.8) is 0 Å². The van der Waals surface area contributed by atoms with E-state index in [0.717, 1.165) is 26.9 Å². The monoisotopic (exact) mass is 276 g/mol. The minimum absolute atomic E-state index is 0.256. The van der Waals surface area contributed by atoms with Crippen molar-refractivity contribution in [2.75, 3.05) is 6.61 Å². The summed E-state index contributed by atoms with van der Waals surface area (Å²) in [7, 11) is 0. The molecule has 0 spiro atoms. The summed E-state index contributed by atoms with van der Waals surface area (Å²) in [5, 5.41) is 14.3. The Hall–Kier alpha value is -1.88. The van der Waals surface area contributed by atoms with Crippen LogP contribution in [0.5, 0.6) is 5.75 Å². The lowest BCUT2D eigenvalue weighted by Crippen LogP contribution is -1.95. The number of phenols is 1.